The second-order valence-electron chi connectivity index (χ2n) is 5.13. The smallest absolute Gasteiger partial charge is 0.342 e. The number of hydrogen-bond acceptors (Lipinski definition) is 4. The zero-order chi connectivity index (χ0) is 17.5. The lowest BCUT2D eigenvalue weighted by Gasteiger charge is -2.20. The zero-order valence-electron chi connectivity index (χ0n) is 13.2. The Kier molecular flexibility index (Phi) is 6.21. The van der Waals surface area contributed by atoms with E-state index in [-0.39, 0.29) is 17.2 Å². The number of amides is 1. The van der Waals surface area contributed by atoms with Crippen molar-refractivity contribution in [1.29, 1.82) is 0 Å². The fourth-order valence-corrected chi connectivity index (χ4v) is 2.32. The number of aromatic hydroxyl groups is 1. The van der Waals surface area contributed by atoms with Gasteiger partial charge < -0.3 is 14.7 Å². The number of carbonyl (C=O) groups is 2. The minimum Gasteiger partial charge on any atom is -0.507 e. The number of phenols is 1. The van der Waals surface area contributed by atoms with Crippen molar-refractivity contribution in [2.45, 2.75) is 13.5 Å². The molecule has 0 saturated heterocycles. The van der Waals surface area contributed by atoms with E-state index in [4.69, 9.17) is 16.3 Å². The maximum Gasteiger partial charge on any atom is 0.342 e. The Bertz CT molecular complexity index is 718. The summed E-state index contributed by atoms with van der Waals surface area (Å²) in [5, 5.41) is 9.96. The van der Waals surface area contributed by atoms with Crippen LogP contribution >= 0.6 is 11.6 Å². The summed E-state index contributed by atoms with van der Waals surface area (Å²) in [4.78, 5) is 25.8. The van der Waals surface area contributed by atoms with Gasteiger partial charge in [0.25, 0.3) is 5.91 Å². The molecule has 0 aliphatic heterocycles. The van der Waals surface area contributed by atoms with Gasteiger partial charge in [-0.3, -0.25) is 4.79 Å². The van der Waals surface area contributed by atoms with Gasteiger partial charge in [-0.15, -0.1) is 0 Å². The van der Waals surface area contributed by atoms with Gasteiger partial charge in [0.15, 0.2) is 6.61 Å². The van der Waals surface area contributed by atoms with Gasteiger partial charge in [0.2, 0.25) is 0 Å². The van der Waals surface area contributed by atoms with Crippen LogP contribution in [0.5, 0.6) is 5.75 Å². The number of hydrogen-bond donors (Lipinski definition) is 1. The maximum atomic E-state index is 12.2. The number of phenolic OH excluding ortho intramolecular Hbond substituents is 1. The summed E-state index contributed by atoms with van der Waals surface area (Å²) in [5.74, 6) is -1.34. The molecule has 0 aliphatic carbocycles. The lowest BCUT2D eigenvalue weighted by molar-refractivity contribution is -0.134. The van der Waals surface area contributed by atoms with Crippen LogP contribution in [0.15, 0.2) is 48.5 Å². The minimum absolute atomic E-state index is 0.0681. The molecule has 0 saturated carbocycles. The van der Waals surface area contributed by atoms with E-state index in [1.807, 2.05) is 37.3 Å². The van der Waals surface area contributed by atoms with Crippen molar-refractivity contribution in [2.75, 3.05) is 13.2 Å². The number of ether oxygens (including phenoxy) is 1. The van der Waals surface area contributed by atoms with Crippen LogP contribution in [0.2, 0.25) is 5.02 Å². The van der Waals surface area contributed by atoms with Gasteiger partial charge in [-0.25, -0.2) is 4.79 Å². The Morgan fingerprint density at radius 3 is 2.54 bits per heavy atom. The molecule has 0 unspecified atom stereocenters. The van der Waals surface area contributed by atoms with Crippen molar-refractivity contribution in [2.24, 2.45) is 0 Å². The SMILES string of the molecule is CCN(Cc1ccccc1)C(=O)COC(=O)c1cc(Cl)ccc1O. The van der Waals surface area contributed by atoms with Crippen molar-refractivity contribution in [3.05, 3.63) is 64.7 Å². The van der Waals surface area contributed by atoms with E-state index < -0.39 is 12.6 Å². The highest BCUT2D eigenvalue weighted by Gasteiger charge is 2.18. The van der Waals surface area contributed by atoms with Gasteiger partial charge in [-0.05, 0) is 30.7 Å². The third-order valence-electron chi connectivity index (χ3n) is 3.46. The molecule has 0 spiro atoms. The summed E-state index contributed by atoms with van der Waals surface area (Å²) < 4.78 is 5.00. The number of nitrogens with zero attached hydrogens (tertiary/aromatic N) is 1. The highest BCUT2D eigenvalue weighted by Crippen LogP contribution is 2.22. The molecule has 0 heterocycles. The molecule has 0 radical (unpaired) electrons. The van der Waals surface area contributed by atoms with Crippen molar-refractivity contribution in [3.63, 3.8) is 0 Å². The van der Waals surface area contributed by atoms with Gasteiger partial charge in [-0.2, -0.15) is 0 Å². The molecule has 2 aromatic carbocycles. The Hall–Kier alpha value is -2.53. The van der Waals surface area contributed by atoms with Crippen molar-refractivity contribution in [1.82, 2.24) is 4.90 Å². The van der Waals surface area contributed by atoms with Crippen LogP contribution in [0.3, 0.4) is 0 Å². The monoisotopic (exact) mass is 347 g/mol. The molecule has 0 aromatic heterocycles. The molecule has 6 heteroatoms. The first kappa shape index (κ1) is 17.8. The highest BCUT2D eigenvalue weighted by molar-refractivity contribution is 6.31. The van der Waals surface area contributed by atoms with Crippen LogP contribution in [-0.4, -0.2) is 35.0 Å². The van der Waals surface area contributed by atoms with E-state index in [1.165, 1.54) is 18.2 Å². The topological polar surface area (TPSA) is 66.8 Å². The van der Waals surface area contributed by atoms with Gasteiger partial charge in [0.05, 0.1) is 0 Å². The molecule has 24 heavy (non-hydrogen) atoms. The largest absolute Gasteiger partial charge is 0.507 e. The average Bonchev–Trinajstić information content (AvgIpc) is 2.60. The Labute approximate surface area is 145 Å². The predicted octanol–water partition coefficient (Wildman–Crippen LogP) is 3.25. The lowest BCUT2D eigenvalue weighted by atomic mass is 10.2. The third-order valence-corrected chi connectivity index (χ3v) is 3.69. The number of rotatable bonds is 6. The summed E-state index contributed by atoms with van der Waals surface area (Å²) in [6, 6.07) is 13.6. The van der Waals surface area contributed by atoms with Gasteiger partial charge in [-0.1, -0.05) is 41.9 Å². The molecular weight excluding hydrogens is 330 g/mol. The average molecular weight is 348 g/mol. The third kappa shape index (κ3) is 4.73. The number of likely N-dealkylation sites (N-methyl/N-ethyl adjacent to an activating group) is 1. The molecule has 126 valence electrons. The summed E-state index contributed by atoms with van der Waals surface area (Å²) in [7, 11) is 0. The van der Waals surface area contributed by atoms with Crippen molar-refractivity contribution < 1.29 is 19.4 Å². The van der Waals surface area contributed by atoms with Crippen molar-refractivity contribution in [3.8, 4) is 5.75 Å². The van der Waals surface area contributed by atoms with Gasteiger partial charge in [0, 0.05) is 18.1 Å². The van der Waals surface area contributed by atoms with Crippen molar-refractivity contribution >= 4 is 23.5 Å². The van der Waals surface area contributed by atoms with Crippen LogP contribution in [0.25, 0.3) is 0 Å². The van der Waals surface area contributed by atoms with Crippen LogP contribution < -0.4 is 0 Å². The molecule has 0 fully saturated rings. The number of esters is 1. The summed E-state index contributed by atoms with van der Waals surface area (Å²) >= 11 is 5.79. The Balaban J connectivity index is 1.95. The van der Waals surface area contributed by atoms with Crippen LogP contribution in [0.4, 0.5) is 0 Å². The first-order chi connectivity index (χ1) is 11.5. The Morgan fingerprint density at radius 1 is 1.17 bits per heavy atom. The first-order valence-electron chi connectivity index (χ1n) is 7.48. The molecular formula is C18H18ClNO4. The van der Waals surface area contributed by atoms with E-state index in [1.54, 1.807) is 4.90 Å². The molecule has 0 bridgehead atoms. The maximum absolute atomic E-state index is 12.2. The van der Waals surface area contributed by atoms with E-state index in [2.05, 4.69) is 0 Å². The number of carbonyl (C=O) groups excluding carboxylic acids is 2. The fourth-order valence-electron chi connectivity index (χ4n) is 2.15. The summed E-state index contributed by atoms with van der Waals surface area (Å²) in [6.07, 6.45) is 0. The van der Waals surface area contributed by atoms with Gasteiger partial charge >= 0.3 is 5.97 Å². The molecule has 0 aliphatic rings. The molecule has 1 N–H and O–H groups in total. The van der Waals surface area contributed by atoms with E-state index in [9.17, 15) is 14.7 Å². The van der Waals surface area contributed by atoms with E-state index in [0.29, 0.717) is 18.1 Å². The number of halogens is 1. The first-order valence-corrected chi connectivity index (χ1v) is 7.86. The second kappa shape index (κ2) is 8.36. The normalized spacial score (nSPS) is 10.2. The highest BCUT2D eigenvalue weighted by atomic mass is 35.5. The van der Waals surface area contributed by atoms with Crippen LogP contribution in [0, 0.1) is 0 Å². The van der Waals surface area contributed by atoms with Crippen LogP contribution in [0.1, 0.15) is 22.8 Å². The standard InChI is InChI=1S/C18H18ClNO4/c1-2-20(11-13-6-4-3-5-7-13)17(22)12-24-18(23)15-10-14(19)8-9-16(15)21/h3-10,21H,2,11-12H2,1H3. The molecule has 0 atom stereocenters. The fraction of sp³-hybridized carbons (Fsp3) is 0.222. The number of benzene rings is 2. The Morgan fingerprint density at radius 2 is 1.88 bits per heavy atom. The summed E-state index contributed by atoms with van der Waals surface area (Å²) in [5.41, 5.74) is 0.924. The summed E-state index contributed by atoms with van der Waals surface area (Å²) in [6.45, 7) is 2.39. The quantitative estimate of drug-likeness (QED) is 0.814. The molecule has 1 amide bonds. The molecule has 5 nitrogen and oxygen atoms in total. The molecule has 2 rings (SSSR count). The minimum atomic E-state index is -0.792. The zero-order valence-corrected chi connectivity index (χ0v) is 14.0. The second-order valence-corrected chi connectivity index (χ2v) is 5.57. The van der Waals surface area contributed by atoms with Gasteiger partial charge in [0.1, 0.15) is 11.3 Å². The van der Waals surface area contributed by atoms with Crippen LogP contribution in [-0.2, 0) is 16.1 Å². The van der Waals surface area contributed by atoms with E-state index in [0.717, 1.165) is 5.56 Å². The molecule has 2 aromatic rings. The lowest BCUT2D eigenvalue weighted by Crippen LogP contribution is -2.34. The predicted molar refractivity (Wildman–Crippen MR) is 90.9 cm³/mol. The van der Waals surface area contributed by atoms with E-state index >= 15 is 0 Å².